The Bertz CT molecular complexity index is 561. The van der Waals surface area contributed by atoms with Gasteiger partial charge in [0, 0.05) is 25.7 Å². The van der Waals surface area contributed by atoms with Crippen LogP contribution in [-0.4, -0.2) is 40.4 Å². The molecule has 0 spiro atoms. The van der Waals surface area contributed by atoms with Gasteiger partial charge in [-0.1, -0.05) is 13.8 Å². The molecule has 0 atom stereocenters. The molecule has 2 rings (SSSR count). The quantitative estimate of drug-likeness (QED) is 0.639. The van der Waals surface area contributed by atoms with Crippen LogP contribution in [0.2, 0.25) is 0 Å². The van der Waals surface area contributed by atoms with Crippen LogP contribution in [-0.2, 0) is 0 Å². The van der Waals surface area contributed by atoms with Crippen LogP contribution in [0.25, 0.3) is 0 Å². The number of carbonyl (C=O) groups is 1. The highest BCUT2D eigenvalue weighted by Crippen LogP contribution is 2.38. The number of rotatable bonds is 6. The third-order valence-electron chi connectivity index (χ3n) is 3.77. The molecule has 1 aromatic heterocycles. The molecule has 1 fully saturated rings. The Morgan fingerprint density at radius 1 is 1.57 bits per heavy atom. The lowest BCUT2D eigenvalue weighted by Gasteiger charge is -2.29. The summed E-state index contributed by atoms with van der Waals surface area (Å²) in [5.41, 5.74) is 5.86. The smallest absolute Gasteiger partial charge is 0.287 e. The maximum absolute atomic E-state index is 12.6. The Morgan fingerprint density at radius 3 is 2.67 bits per heavy atom. The van der Waals surface area contributed by atoms with E-state index in [1.807, 2.05) is 13.8 Å². The summed E-state index contributed by atoms with van der Waals surface area (Å²) in [6.07, 6.45) is 3.39. The molecule has 1 saturated carbocycles. The Labute approximate surface area is 123 Å². The molecule has 2 N–H and O–H groups in total. The van der Waals surface area contributed by atoms with E-state index in [1.54, 1.807) is 16.5 Å². The van der Waals surface area contributed by atoms with E-state index in [0.29, 0.717) is 18.8 Å². The van der Waals surface area contributed by atoms with Crippen molar-refractivity contribution in [3.05, 3.63) is 28.1 Å². The molecule has 0 aliphatic heterocycles. The average Bonchev–Trinajstić information content (AvgIpc) is 3.16. The van der Waals surface area contributed by atoms with E-state index >= 15 is 0 Å². The number of nitro groups is 1. The van der Waals surface area contributed by atoms with Crippen molar-refractivity contribution in [2.24, 2.45) is 11.1 Å². The van der Waals surface area contributed by atoms with Crippen molar-refractivity contribution in [3.63, 3.8) is 0 Å². The molecule has 0 unspecified atom stereocenters. The van der Waals surface area contributed by atoms with Crippen LogP contribution >= 0.6 is 0 Å². The normalized spacial score (nSPS) is 15.0. The number of hydrogen-bond acceptors (Lipinski definition) is 4. The summed E-state index contributed by atoms with van der Waals surface area (Å²) in [7, 11) is 1.70. The lowest BCUT2D eigenvalue weighted by atomic mass is 9.93. The molecule has 116 valence electrons. The summed E-state index contributed by atoms with van der Waals surface area (Å²) in [5.74, 6) is -0.198. The predicted octanol–water partition coefficient (Wildman–Crippen LogP) is 1.79. The van der Waals surface area contributed by atoms with Crippen LogP contribution in [0.4, 0.5) is 5.69 Å². The van der Waals surface area contributed by atoms with Gasteiger partial charge in [-0.15, -0.1) is 0 Å². The molecule has 1 aliphatic carbocycles. The minimum Gasteiger partial charge on any atom is -0.340 e. The van der Waals surface area contributed by atoms with Gasteiger partial charge in [0.2, 0.25) is 0 Å². The Kier molecular flexibility index (Phi) is 4.04. The van der Waals surface area contributed by atoms with Gasteiger partial charge in [0.1, 0.15) is 5.69 Å². The van der Waals surface area contributed by atoms with Gasteiger partial charge in [-0.2, -0.15) is 0 Å². The second-order valence-corrected chi connectivity index (χ2v) is 6.51. The maximum atomic E-state index is 12.6. The average molecular weight is 294 g/mol. The van der Waals surface area contributed by atoms with Crippen molar-refractivity contribution in [3.8, 4) is 0 Å². The van der Waals surface area contributed by atoms with Gasteiger partial charge in [0.05, 0.1) is 11.1 Å². The third-order valence-corrected chi connectivity index (χ3v) is 3.77. The summed E-state index contributed by atoms with van der Waals surface area (Å²) >= 11 is 0. The van der Waals surface area contributed by atoms with E-state index < -0.39 is 4.92 Å². The molecule has 7 heteroatoms. The fraction of sp³-hybridized carbons (Fsp3) is 0.643. The first-order valence-electron chi connectivity index (χ1n) is 7.07. The van der Waals surface area contributed by atoms with Gasteiger partial charge in [-0.3, -0.25) is 14.9 Å². The van der Waals surface area contributed by atoms with Crippen molar-refractivity contribution < 1.29 is 9.72 Å². The van der Waals surface area contributed by atoms with Crippen molar-refractivity contribution in [2.75, 3.05) is 20.1 Å². The van der Waals surface area contributed by atoms with Crippen LogP contribution in [0.3, 0.4) is 0 Å². The zero-order valence-corrected chi connectivity index (χ0v) is 12.7. The van der Waals surface area contributed by atoms with Gasteiger partial charge < -0.3 is 15.2 Å². The third kappa shape index (κ3) is 3.41. The zero-order chi connectivity index (χ0) is 15.8. The van der Waals surface area contributed by atoms with Crippen LogP contribution < -0.4 is 5.73 Å². The minimum absolute atomic E-state index is 0.0308. The SMILES string of the molecule is CN(CC(C)(C)CN)C(=O)c1cc([N+](=O)[O-])cn1C1CC1. The Morgan fingerprint density at radius 2 is 2.19 bits per heavy atom. The van der Waals surface area contributed by atoms with Crippen LogP contribution in [0, 0.1) is 15.5 Å². The first-order valence-corrected chi connectivity index (χ1v) is 7.07. The molecule has 1 aromatic rings. The van der Waals surface area contributed by atoms with Crippen molar-refractivity contribution in [2.45, 2.75) is 32.7 Å². The lowest BCUT2D eigenvalue weighted by molar-refractivity contribution is -0.384. The van der Waals surface area contributed by atoms with Crippen LogP contribution in [0.5, 0.6) is 0 Å². The molecule has 0 radical (unpaired) electrons. The highest BCUT2D eigenvalue weighted by Gasteiger charge is 2.32. The molecular weight excluding hydrogens is 272 g/mol. The number of amides is 1. The summed E-state index contributed by atoms with van der Waals surface area (Å²) in [6, 6.07) is 1.58. The van der Waals surface area contributed by atoms with Gasteiger partial charge in [-0.25, -0.2) is 0 Å². The van der Waals surface area contributed by atoms with E-state index in [9.17, 15) is 14.9 Å². The molecule has 1 aliphatic rings. The van der Waals surface area contributed by atoms with Crippen LogP contribution in [0.15, 0.2) is 12.3 Å². The van der Waals surface area contributed by atoms with E-state index in [-0.39, 0.29) is 23.1 Å². The van der Waals surface area contributed by atoms with E-state index in [2.05, 4.69) is 0 Å². The number of hydrogen-bond donors (Lipinski definition) is 1. The zero-order valence-electron chi connectivity index (χ0n) is 12.7. The second-order valence-electron chi connectivity index (χ2n) is 6.51. The first kappa shape index (κ1) is 15.5. The van der Waals surface area contributed by atoms with Crippen LogP contribution in [0.1, 0.15) is 43.2 Å². The van der Waals surface area contributed by atoms with Crippen molar-refractivity contribution in [1.29, 1.82) is 0 Å². The van der Waals surface area contributed by atoms with Crippen molar-refractivity contribution >= 4 is 11.6 Å². The fourth-order valence-corrected chi connectivity index (χ4v) is 2.36. The van der Waals surface area contributed by atoms with E-state index in [0.717, 1.165) is 12.8 Å². The van der Waals surface area contributed by atoms with Gasteiger partial charge in [0.15, 0.2) is 0 Å². The fourth-order valence-electron chi connectivity index (χ4n) is 2.36. The predicted molar refractivity (Wildman–Crippen MR) is 79.2 cm³/mol. The lowest BCUT2D eigenvalue weighted by Crippen LogP contribution is -2.40. The van der Waals surface area contributed by atoms with E-state index in [1.165, 1.54) is 12.3 Å². The Hall–Kier alpha value is -1.89. The molecule has 0 aromatic carbocycles. The number of nitrogens with two attached hydrogens (primary N) is 1. The summed E-state index contributed by atoms with van der Waals surface area (Å²) < 4.78 is 1.74. The van der Waals surface area contributed by atoms with Crippen molar-refractivity contribution in [1.82, 2.24) is 9.47 Å². The molecular formula is C14H22N4O3. The minimum atomic E-state index is -0.459. The standard InChI is InChI=1S/C14H22N4O3/c1-14(2,8-15)9-16(3)13(19)12-6-11(18(20)21)7-17(12)10-4-5-10/h6-7,10H,4-5,8-9,15H2,1-3H3. The highest BCUT2D eigenvalue weighted by molar-refractivity contribution is 5.93. The van der Waals surface area contributed by atoms with Gasteiger partial charge in [-0.05, 0) is 24.8 Å². The molecule has 0 saturated heterocycles. The topological polar surface area (TPSA) is 94.4 Å². The highest BCUT2D eigenvalue weighted by atomic mass is 16.6. The largest absolute Gasteiger partial charge is 0.340 e. The number of nitrogens with zero attached hydrogens (tertiary/aromatic N) is 3. The first-order chi connectivity index (χ1) is 9.75. The molecule has 7 nitrogen and oxygen atoms in total. The van der Waals surface area contributed by atoms with E-state index in [4.69, 9.17) is 5.73 Å². The summed E-state index contributed by atoms with van der Waals surface area (Å²) in [6.45, 7) is 4.94. The Balaban J connectivity index is 2.23. The molecule has 1 amide bonds. The summed E-state index contributed by atoms with van der Waals surface area (Å²) in [5, 5.41) is 10.9. The molecule has 1 heterocycles. The van der Waals surface area contributed by atoms with Gasteiger partial charge >= 0.3 is 0 Å². The second kappa shape index (κ2) is 5.48. The monoisotopic (exact) mass is 294 g/mol. The maximum Gasteiger partial charge on any atom is 0.287 e. The van der Waals surface area contributed by atoms with Gasteiger partial charge in [0.25, 0.3) is 11.6 Å². The summed E-state index contributed by atoms with van der Waals surface area (Å²) in [4.78, 5) is 24.6. The number of aromatic nitrogens is 1. The molecule has 21 heavy (non-hydrogen) atoms. The number of carbonyl (C=O) groups excluding carboxylic acids is 1. The molecule has 0 bridgehead atoms.